The fourth-order valence-corrected chi connectivity index (χ4v) is 6.91. The number of hydrogen-bond donors (Lipinski definition) is 1. The van der Waals surface area contributed by atoms with Crippen LogP contribution in [-0.4, -0.2) is 11.7 Å². The molecule has 1 aliphatic rings. The molecular formula is C19H24NP. The molecule has 0 amide bonds. The minimum Gasteiger partial charge on any atom is -0.328 e. The van der Waals surface area contributed by atoms with E-state index in [-0.39, 0.29) is 7.92 Å². The van der Waals surface area contributed by atoms with E-state index in [0.717, 1.165) is 5.66 Å². The van der Waals surface area contributed by atoms with Crippen molar-refractivity contribution >= 4 is 18.5 Å². The lowest BCUT2D eigenvalue weighted by atomic mass is 10.0. The Morgan fingerprint density at radius 3 is 1.90 bits per heavy atom. The molecule has 3 rings (SSSR count). The van der Waals surface area contributed by atoms with Crippen LogP contribution in [0.1, 0.15) is 26.2 Å². The van der Waals surface area contributed by atoms with Crippen molar-refractivity contribution in [3.05, 3.63) is 60.7 Å². The quantitative estimate of drug-likeness (QED) is 0.857. The van der Waals surface area contributed by atoms with Crippen molar-refractivity contribution in [1.29, 1.82) is 0 Å². The van der Waals surface area contributed by atoms with Crippen molar-refractivity contribution in [3.8, 4) is 0 Å². The van der Waals surface area contributed by atoms with E-state index in [4.69, 9.17) is 5.73 Å². The zero-order valence-electron chi connectivity index (χ0n) is 12.7. The molecule has 1 aliphatic carbocycles. The van der Waals surface area contributed by atoms with E-state index >= 15 is 0 Å². The molecule has 0 bridgehead atoms. The Labute approximate surface area is 129 Å². The Balaban J connectivity index is 2.01. The van der Waals surface area contributed by atoms with E-state index in [9.17, 15) is 0 Å². The molecule has 3 atom stereocenters. The summed E-state index contributed by atoms with van der Waals surface area (Å²) < 4.78 is 0. The lowest BCUT2D eigenvalue weighted by Gasteiger charge is -2.32. The lowest BCUT2D eigenvalue weighted by molar-refractivity contribution is 0.465. The predicted octanol–water partition coefficient (Wildman–Crippen LogP) is 3.64. The van der Waals surface area contributed by atoms with Gasteiger partial charge < -0.3 is 5.73 Å². The normalized spacial score (nSPS) is 23.4. The van der Waals surface area contributed by atoms with Crippen LogP contribution in [-0.2, 0) is 0 Å². The van der Waals surface area contributed by atoms with Crippen LogP contribution < -0.4 is 16.3 Å². The molecular weight excluding hydrogens is 273 g/mol. The van der Waals surface area contributed by atoms with Crippen LogP contribution in [0.2, 0.25) is 0 Å². The van der Waals surface area contributed by atoms with E-state index < -0.39 is 0 Å². The molecule has 0 radical (unpaired) electrons. The van der Waals surface area contributed by atoms with E-state index in [0.29, 0.717) is 12.0 Å². The molecule has 0 heterocycles. The maximum atomic E-state index is 6.29. The van der Waals surface area contributed by atoms with Gasteiger partial charge in [0.2, 0.25) is 0 Å². The summed E-state index contributed by atoms with van der Waals surface area (Å²) in [7, 11) is -0.304. The van der Waals surface area contributed by atoms with Gasteiger partial charge in [-0.1, -0.05) is 67.1 Å². The number of rotatable bonds is 4. The maximum absolute atomic E-state index is 6.29. The van der Waals surface area contributed by atoms with Crippen molar-refractivity contribution < 1.29 is 0 Å². The first kappa shape index (κ1) is 14.8. The molecule has 1 fully saturated rings. The van der Waals surface area contributed by atoms with Gasteiger partial charge in [-0.05, 0) is 49.9 Å². The summed E-state index contributed by atoms with van der Waals surface area (Å²) in [5.41, 5.74) is 7.02. The largest absolute Gasteiger partial charge is 0.328 e. The first-order chi connectivity index (χ1) is 10.3. The van der Waals surface area contributed by atoms with Crippen molar-refractivity contribution in [2.75, 3.05) is 0 Å². The summed E-state index contributed by atoms with van der Waals surface area (Å²) in [6.45, 7) is 2.19. The Kier molecular flexibility index (Phi) is 4.73. The smallest absolute Gasteiger partial charge is 0.00450 e. The summed E-state index contributed by atoms with van der Waals surface area (Å²) in [4.78, 5) is 0. The molecule has 2 unspecified atom stereocenters. The second kappa shape index (κ2) is 6.73. The lowest BCUT2D eigenvalue weighted by Crippen LogP contribution is -2.34. The molecule has 21 heavy (non-hydrogen) atoms. The van der Waals surface area contributed by atoms with E-state index in [2.05, 4.69) is 67.6 Å². The third-order valence-corrected chi connectivity index (χ3v) is 7.62. The Bertz CT molecular complexity index is 513. The summed E-state index contributed by atoms with van der Waals surface area (Å²) in [6, 6.07) is 22.4. The monoisotopic (exact) mass is 297 g/mol. The summed E-state index contributed by atoms with van der Waals surface area (Å²) in [6.07, 6.45) is 3.94. The van der Waals surface area contributed by atoms with E-state index in [1.54, 1.807) is 0 Å². The predicted molar refractivity (Wildman–Crippen MR) is 93.9 cm³/mol. The zero-order chi connectivity index (χ0) is 14.7. The molecule has 2 aromatic rings. The Morgan fingerprint density at radius 1 is 0.905 bits per heavy atom. The van der Waals surface area contributed by atoms with Gasteiger partial charge in [0.05, 0.1) is 0 Å². The minimum atomic E-state index is -0.304. The topological polar surface area (TPSA) is 26.0 Å². The Hall–Kier alpha value is -1.17. The summed E-state index contributed by atoms with van der Waals surface area (Å²) >= 11 is 0. The highest BCUT2D eigenvalue weighted by Crippen LogP contribution is 2.50. The van der Waals surface area contributed by atoms with Crippen molar-refractivity contribution in [2.45, 2.75) is 37.9 Å². The highest BCUT2D eigenvalue weighted by Gasteiger charge is 2.36. The number of benzene rings is 2. The highest BCUT2D eigenvalue weighted by atomic mass is 31.1. The van der Waals surface area contributed by atoms with Gasteiger partial charge in [0.1, 0.15) is 0 Å². The Morgan fingerprint density at radius 2 is 1.43 bits per heavy atom. The van der Waals surface area contributed by atoms with Crippen LogP contribution in [0.25, 0.3) is 0 Å². The zero-order valence-corrected chi connectivity index (χ0v) is 13.5. The molecule has 2 N–H and O–H groups in total. The standard InChI is InChI=1S/C19H24NP/c1-15(20)18-13-8-14-19(18)21(16-9-4-2-5-10-16)17-11-6-3-7-12-17/h2-7,9-12,15,18-19H,8,13-14,20H2,1H3/t15-,18?,19?/m0/s1. The summed E-state index contributed by atoms with van der Waals surface area (Å²) in [5, 5.41) is 2.99. The van der Waals surface area contributed by atoms with Gasteiger partial charge in [-0.3, -0.25) is 0 Å². The van der Waals surface area contributed by atoms with Crippen LogP contribution in [0.15, 0.2) is 60.7 Å². The van der Waals surface area contributed by atoms with Crippen LogP contribution in [0.4, 0.5) is 0 Å². The molecule has 0 aromatic heterocycles. The fraction of sp³-hybridized carbons (Fsp3) is 0.368. The molecule has 2 heteroatoms. The van der Waals surface area contributed by atoms with Gasteiger partial charge in [-0.2, -0.15) is 0 Å². The van der Waals surface area contributed by atoms with Gasteiger partial charge in [0.15, 0.2) is 0 Å². The van der Waals surface area contributed by atoms with Crippen molar-refractivity contribution in [2.24, 2.45) is 11.7 Å². The van der Waals surface area contributed by atoms with Gasteiger partial charge in [0.25, 0.3) is 0 Å². The summed E-state index contributed by atoms with van der Waals surface area (Å²) in [5.74, 6) is 0.663. The molecule has 110 valence electrons. The van der Waals surface area contributed by atoms with Crippen LogP contribution in [0, 0.1) is 5.92 Å². The number of hydrogen-bond acceptors (Lipinski definition) is 1. The average molecular weight is 297 g/mol. The third kappa shape index (κ3) is 3.20. The molecule has 0 saturated heterocycles. The molecule has 1 saturated carbocycles. The third-order valence-electron chi connectivity index (χ3n) is 4.61. The van der Waals surface area contributed by atoms with Gasteiger partial charge in [-0.25, -0.2) is 0 Å². The molecule has 1 nitrogen and oxygen atoms in total. The minimum absolute atomic E-state index is 0.301. The maximum Gasteiger partial charge on any atom is 0.00450 e. The highest BCUT2D eigenvalue weighted by molar-refractivity contribution is 7.73. The molecule has 0 aliphatic heterocycles. The van der Waals surface area contributed by atoms with Crippen LogP contribution in [0.5, 0.6) is 0 Å². The second-order valence-electron chi connectivity index (χ2n) is 6.06. The van der Waals surface area contributed by atoms with Crippen LogP contribution >= 0.6 is 7.92 Å². The van der Waals surface area contributed by atoms with E-state index in [1.807, 2.05) is 0 Å². The first-order valence-electron chi connectivity index (χ1n) is 7.92. The second-order valence-corrected chi connectivity index (χ2v) is 8.50. The van der Waals surface area contributed by atoms with Crippen molar-refractivity contribution in [1.82, 2.24) is 0 Å². The molecule has 0 spiro atoms. The fourth-order valence-electron chi connectivity index (χ4n) is 3.61. The average Bonchev–Trinajstić information content (AvgIpc) is 2.99. The van der Waals surface area contributed by atoms with Crippen molar-refractivity contribution in [3.63, 3.8) is 0 Å². The SMILES string of the molecule is C[C@H](N)C1CCCC1P(c1ccccc1)c1ccccc1. The molecule has 2 aromatic carbocycles. The van der Waals surface area contributed by atoms with Gasteiger partial charge in [0, 0.05) is 6.04 Å². The van der Waals surface area contributed by atoms with Gasteiger partial charge >= 0.3 is 0 Å². The van der Waals surface area contributed by atoms with Gasteiger partial charge in [-0.15, -0.1) is 0 Å². The number of nitrogens with two attached hydrogens (primary N) is 1. The first-order valence-corrected chi connectivity index (χ1v) is 9.33. The van der Waals surface area contributed by atoms with E-state index in [1.165, 1.54) is 29.9 Å². The van der Waals surface area contributed by atoms with Crippen LogP contribution in [0.3, 0.4) is 0 Å².